The number of benzene rings is 4. The SMILES string of the molecule is CCCCC1=Cc2c(ccc(C)c2-c2cc(C(F)(F)F)cc(C(F)(F)F)c2)[CH]1[Zr]([Cl])([Cl])[c]1cccc2c1[SiH2]c1ccccc1-2. The standard InChI is InChI=1S/C22H19F6.C12H9Si.2ClH.Zr/c1-3-4-5-14-8-15-7-6-13(2)20(19(15)9-14)16-10-17(21(23,24)25)12-18(11-16)22(26,27)28;1-3-7-11-9(5-1)10-6-2-4-8-12(10)13-11;;;/h6-12H,3-5H2,1-2H3;1-7H,13H2;2*1H;/q;;;;+2/p-2. The number of alkyl halides is 6. The maximum absolute atomic E-state index is 13.8. The molecule has 0 nitrogen and oxygen atoms in total. The molecular formula is C34H28Cl2F6SiZr. The molecule has 2 aliphatic rings. The number of hydrogen-bond donors (Lipinski definition) is 0. The molecule has 10 heteroatoms. The van der Waals surface area contributed by atoms with Gasteiger partial charge in [0.1, 0.15) is 0 Å². The molecular weight excluding hydrogens is 713 g/mol. The molecule has 0 amide bonds. The molecule has 4 aromatic rings. The van der Waals surface area contributed by atoms with E-state index >= 15 is 0 Å². The van der Waals surface area contributed by atoms with Crippen LogP contribution in [0.5, 0.6) is 0 Å². The molecule has 228 valence electrons. The van der Waals surface area contributed by atoms with Gasteiger partial charge in [0.15, 0.2) is 0 Å². The second-order valence-corrected chi connectivity index (χ2v) is 27.4. The molecule has 4 aromatic carbocycles. The topological polar surface area (TPSA) is 0 Å². The van der Waals surface area contributed by atoms with Gasteiger partial charge in [-0.25, -0.2) is 0 Å². The summed E-state index contributed by atoms with van der Waals surface area (Å²) in [5.41, 5.74) is 2.92. The van der Waals surface area contributed by atoms with E-state index in [-0.39, 0.29) is 15.3 Å². The van der Waals surface area contributed by atoms with E-state index in [1.807, 2.05) is 36.4 Å². The van der Waals surface area contributed by atoms with E-state index in [0.717, 1.165) is 44.9 Å². The minimum atomic E-state index is -4.94. The van der Waals surface area contributed by atoms with Crippen molar-refractivity contribution in [3.63, 3.8) is 0 Å². The molecule has 0 aromatic heterocycles. The zero-order chi connectivity index (χ0) is 31.6. The second-order valence-electron chi connectivity index (χ2n) is 11.6. The summed E-state index contributed by atoms with van der Waals surface area (Å²) < 4.78 is 83.7. The molecule has 1 atom stereocenters. The van der Waals surface area contributed by atoms with Gasteiger partial charge in [0.2, 0.25) is 0 Å². The van der Waals surface area contributed by atoms with Crippen molar-refractivity contribution in [3.05, 3.63) is 106 Å². The third-order valence-corrected chi connectivity index (χ3v) is 23.1. The number of aryl methyl sites for hydroxylation is 1. The summed E-state index contributed by atoms with van der Waals surface area (Å²) in [5.74, 6) is 0. The molecule has 1 aliphatic carbocycles. The van der Waals surface area contributed by atoms with Gasteiger partial charge in [-0.3, -0.25) is 0 Å². The van der Waals surface area contributed by atoms with Crippen molar-refractivity contribution >= 4 is 46.3 Å². The van der Waals surface area contributed by atoms with E-state index in [0.29, 0.717) is 23.1 Å². The average molecular weight is 741 g/mol. The fourth-order valence-electron chi connectivity index (χ4n) is 6.75. The van der Waals surface area contributed by atoms with Crippen molar-refractivity contribution in [3.8, 4) is 22.3 Å². The summed E-state index contributed by atoms with van der Waals surface area (Å²) >= 11 is -4.38. The summed E-state index contributed by atoms with van der Waals surface area (Å²) in [6.45, 7) is 3.78. The van der Waals surface area contributed by atoms with Gasteiger partial charge >= 0.3 is 268 Å². The summed E-state index contributed by atoms with van der Waals surface area (Å²) in [4.78, 5) is 0. The number of unbranched alkanes of at least 4 members (excludes halogenated alkanes) is 1. The summed E-state index contributed by atoms with van der Waals surface area (Å²) in [6.07, 6.45) is -5.49. The van der Waals surface area contributed by atoms with Gasteiger partial charge in [0, 0.05) is 0 Å². The molecule has 1 unspecified atom stereocenters. The predicted octanol–water partition coefficient (Wildman–Crippen LogP) is 9.21. The normalized spacial score (nSPS) is 16.6. The van der Waals surface area contributed by atoms with Crippen molar-refractivity contribution < 1.29 is 44.2 Å². The van der Waals surface area contributed by atoms with Crippen LogP contribution in [0.4, 0.5) is 26.3 Å². The van der Waals surface area contributed by atoms with Crippen LogP contribution in [-0.2, 0) is 30.2 Å². The molecule has 0 N–H and O–H groups in total. The van der Waals surface area contributed by atoms with Gasteiger partial charge in [-0.2, -0.15) is 0 Å². The molecule has 0 radical (unpaired) electrons. The van der Waals surface area contributed by atoms with Gasteiger partial charge in [-0.1, -0.05) is 0 Å². The van der Waals surface area contributed by atoms with Crippen LogP contribution in [0.25, 0.3) is 28.3 Å². The molecule has 0 spiro atoms. The van der Waals surface area contributed by atoms with Crippen LogP contribution in [0.2, 0.25) is 0 Å². The van der Waals surface area contributed by atoms with Crippen molar-refractivity contribution in [1.82, 2.24) is 0 Å². The Kier molecular flexibility index (Phi) is 8.39. The third-order valence-electron chi connectivity index (χ3n) is 8.77. The first-order chi connectivity index (χ1) is 20.7. The Balaban J connectivity index is 1.55. The molecule has 1 heterocycles. The van der Waals surface area contributed by atoms with E-state index in [9.17, 15) is 26.3 Å². The minimum absolute atomic E-state index is 0.123. The van der Waals surface area contributed by atoms with Crippen LogP contribution < -0.4 is 13.6 Å². The quantitative estimate of drug-likeness (QED) is 0.120. The van der Waals surface area contributed by atoms with E-state index in [2.05, 4.69) is 25.1 Å². The van der Waals surface area contributed by atoms with Crippen LogP contribution in [0.1, 0.15) is 57.6 Å². The zero-order valence-electron chi connectivity index (χ0n) is 23.9. The zero-order valence-corrected chi connectivity index (χ0v) is 29.3. The summed E-state index contributed by atoms with van der Waals surface area (Å²) in [5, 5.41) is 2.58. The molecule has 44 heavy (non-hydrogen) atoms. The van der Waals surface area contributed by atoms with E-state index in [1.165, 1.54) is 15.9 Å². The molecule has 1 aliphatic heterocycles. The predicted molar refractivity (Wildman–Crippen MR) is 168 cm³/mol. The Labute approximate surface area is 266 Å². The Morgan fingerprint density at radius 2 is 1.48 bits per heavy atom. The first-order valence-electron chi connectivity index (χ1n) is 14.4. The first-order valence-corrected chi connectivity index (χ1v) is 24.8. The number of hydrogen-bond acceptors (Lipinski definition) is 0. The third kappa shape index (κ3) is 5.59. The Hall–Kier alpha value is -2.12. The van der Waals surface area contributed by atoms with Gasteiger partial charge < -0.3 is 0 Å². The number of rotatable bonds is 6. The fraction of sp³-hybridized carbons (Fsp3) is 0.235. The van der Waals surface area contributed by atoms with Crippen molar-refractivity contribution in [1.29, 1.82) is 0 Å². The van der Waals surface area contributed by atoms with Crippen LogP contribution in [0.3, 0.4) is 0 Å². The van der Waals surface area contributed by atoms with Crippen LogP contribution in [0.15, 0.2) is 78.4 Å². The van der Waals surface area contributed by atoms with Crippen molar-refractivity contribution in [2.24, 2.45) is 0 Å². The monoisotopic (exact) mass is 738 g/mol. The Morgan fingerprint density at radius 3 is 2.14 bits per heavy atom. The summed E-state index contributed by atoms with van der Waals surface area (Å²) in [7, 11) is 14.5. The van der Waals surface area contributed by atoms with Gasteiger partial charge in [0.25, 0.3) is 0 Å². The van der Waals surface area contributed by atoms with Crippen LogP contribution in [0, 0.1) is 6.92 Å². The summed E-state index contributed by atoms with van der Waals surface area (Å²) in [6, 6.07) is 20.0. The average Bonchev–Trinajstić information content (AvgIpc) is 3.53. The molecule has 0 saturated carbocycles. The molecule has 0 bridgehead atoms. The van der Waals surface area contributed by atoms with Gasteiger partial charge in [-0.05, 0) is 0 Å². The Bertz CT molecular complexity index is 1780. The van der Waals surface area contributed by atoms with Crippen molar-refractivity contribution in [2.45, 2.75) is 49.1 Å². The van der Waals surface area contributed by atoms with E-state index < -0.39 is 50.9 Å². The fourth-order valence-corrected chi connectivity index (χ4v) is 23.6. The maximum atomic E-state index is 13.8. The Morgan fingerprint density at radius 1 is 0.818 bits per heavy atom. The molecule has 0 saturated heterocycles. The number of halogens is 8. The van der Waals surface area contributed by atoms with Gasteiger partial charge in [-0.15, -0.1) is 0 Å². The van der Waals surface area contributed by atoms with E-state index in [1.54, 1.807) is 13.0 Å². The molecule has 0 fully saturated rings. The van der Waals surface area contributed by atoms with Crippen LogP contribution in [-0.4, -0.2) is 9.52 Å². The number of fused-ring (bicyclic) bond motifs is 4. The first kappa shape index (κ1) is 31.8. The van der Waals surface area contributed by atoms with Crippen LogP contribution >= 0.6 is 17.0 Å². The second kappa shape index (κ2) is 11.6. The van der Waals surface area contributed by atoms with Crippen molar-refractivity contribution in [2.75, 3.05) is 0 Å². The van der Waals surface area contributed by atoms with E-state index in [4.69, 9.17) is 17.0 Å². The number of allylic oxidation sites excluding steroid dienone is 1. The molecule has 6 rings (SSSR count). The van der Waals surface area contributed by atoms with Gasteiger partial charge in [0.05, 0.1) is 0 Å².